The molecule has 1 aliphatic heterocycles. The van der Waals surface area contributed by atoms with Crippen molar-refractivity contribution in [1.82, 2.24) is 15.1 Å². The topological polar surface area (TPSA) is 95.4 Å². The molecule has 1 saturated carbocycles. The first-order valence-electron chi connectivity index (χ1n) is 6.75. The number of hydrogen-bond acceptors (Lipinski definition) is 5. The lowest BCUT2D eigenvalue weighted by atomic mass is 9.85. The summed E-state index contributed by atoms with van der Waals surface area (Å²) in [5, 5.41) is 19.8. The van der Waals surface area contributed by atoms with Crippen molar-refractivity contribution >= 4 is 28.5 Å². The minimum Gasteiger partial charge on any atom is -0.480 e. The molecule has 20 heavy (non-hydrogen) atoms. The summed E-state index contributed by atoms with van der Waals surface area (Å²) in [6, 6.07) is -1.06. The van der Waals surface area contributed by atoms with E-state index in [9.17, 15) is 14.7 Å². The van der Waals surface area contributed by atoms with Gasteiger partial charge in [-0.15, -0.1) is 10.2 Å². The zero-order chi connectivity index (χ0) is 14.1. The highest BCUT2D eigenvalue weighted by molar-refractivity contribution is 7.13. The van der Waals surface area contributed by atoms with E-state index >= 15 is 0 Å². The Morgan fingerprint density at radius 3 is 2.90 bits per heavy atom. The average molecular weight is 296 g/mol. The summed E-state index contributed by atoms with van der Waals surface area (Å²) < 4.78 is 0. The molecule has 0 radical (unpaired) electrons. The number of aliphatic carboxylic acids is 1. The number of aromatic nitrogens is 2. The maximum atomic E-state index is 12.4. The number of carbonyl (C=O) groups excluding carboxylic acids is 1. The number of likely N-dealkylation sites (tertiary alicyclic amines) is 1. The Morgan fingerprint density at radius 2 is 2.20 bits per heavy atom. The Morgan fingerprint density at radius 1 is 1.40 bits per heavy atom. The standard InChI is InChI=1S/C12H16N4O3S/c17-10(18)9-5-7-3-1-2-4-8(7)16(9)12(19)14-11-15-13-6-20-11/h6-9H,1-5H2,(H,17,18)(H,14,15,19). The molecule has 0 aromatic carbocycles. The molecular weight excluding hydrogens is 280 g/mol. The lowest BCUT2D eigenvalue weighted by Gasteiger charge is -2.32. The van der Waals surface area contributed by atoms with Gasteiger partial charge >= 0.3 is 12.0 Å². The van der Waals surface area contributed by atoms with E-state index in [4.69, 9.17) is 0 Å². The Balaban J connectivity index is 1.79. The maximum absolute atomic E-state index is 12.4. The summed E-state index contributed by atoms with van der Waals surface area (Å²) in [5.41, 5.74) is 1.53. The molecule has 1 aromatic rings. The highest BCUT2D eigenvalue weighted by Gasteiger charge is 2.47. The number of amides is 2. The van der Waals surface area contributed by atoms with Crippen LogP contribution in [0.15, 0.2) is 5.51 Å². The van der Waals surface area contributed by atoms with Gasteiger partial charge in [0.2, 0.25) is 5.13 Å². The van der Waals surface area contributed by atoms with Gasteiger partial charge in [-0.25, -0.2) is 9.59 Å². The lowest BCUT2D eigenvalue weighted by Crippen LogP contribution is -2.48. The molecule has 2 heterocycles. The maximum Gasteiger partial charge on any atom is 0.326 e. The summed E-state index contributed by atoms with van der Waals surface area (Å²) >= 11 is 1.22. The van der Waals surface area contributed by atoms with E-state index in [1.807, 2.05) is 0 Å². The minimum absolute atomic E-state index is 0.0396. The van der Waals surface area contributed by atoms with Crippen LogP contribution in [-0.2, 0) is 4.79 Å². The van der Waals surface area contributed by atoms with Crippen LogP contribution in [0.25, 0.3) is 0 Å². The SMILES string of the molecule is O=C(O)C1CC2CCCCC2N1C(=O)Nc1nncs1. The Bertz CT molecular complexity index is 507. The molecular formula is C12H16N4O3S. The third kappa shape index (κ3) is 2.35. The second-order valence-electron chi connectivity index (χ2n) is 5.28. The van der Waals surface area contributed by atoms with Crippen LogP contribution in [0.5, 0.6) is 0 Å². The first-order valence-corrected chi connectivity index (χ1v) is 7.63. The van der Waals surface area contributed by atoms with E-state index in [1.165, 1.54) is 21.7 Å². The number of nitrogens with one attached hydrogen (secondary N) is 1. The zero-order valence-electron chi connectivity index (χ0n) is 10.9. The Labute approximate surface area is 120 Å². The van der Waals surface area contributed by atoms with E-state index in [0.29, 0.717) is 17.5 Å². The van der Waals surface area contributed by atoms with Gasteiger partial charge in [-0.2, -0.15) is 0 Å². The Kier molecular flexibility index (Phi) is 3.56. The number of hydrogen-bond donors (Lipinski definition) is 2. The van der Waals surface area contributed by atoms with E-state index < -0.39 is 12.0 Å². The summed E-state index contributed by atoms with van der Waals surface area (Å²) in [4.78, 5) is 25.3. The fourth-order valence-corrected chi connectivity index (χ4v) is 3.79. The summed E-state index contributed by atoms with van der Waals surface area (Å²) in [7, 11) is 0. The van der Waals surface area contributed by atoms with Gasteiger partial charge in [0.15, 0.2) is 0 Å². The number of carboxylic acids is 1. The predicted molar refractivity (Wildman–Crippen MR) is 72.6 cm³/mol. The molecule has 0 spiro atoms. The van der Waals surface area contributed by atoms with Gasteiger partial charge in [-0.1, -0.05) is 24.2 Å². The van der Waals surface area contributed by atoms with Crippen molar-refractivity contribution in [3.63, 3.8) is 0 Å². The fourth-order valence-electron chi connectivity index (χ4n) is 3.36. The molecule has 1 aliphatic carbocycles. The van der Waals surface area contributed by atoms with Crippen LogP contribution in [0.1, 0.15) is 32.1 Å². The molecule has 2 fully saturated rings. The average Bonchev–Trinajstić information content (AvgIpc) is 3.04. The second-order valence-corrected chi connectivity index (χ2v) is 6.12. The molecule has 1 saturated heterocycles. The van der Waals surface area contributed by atoms with Crippen LogP contribution < -0.4 is 5.32 Å². The molecule has 8 heteroatoms. The number of urea groups is 1. The van der Waals surface area contributed by atoms with Crippen molar-refractivity contribution in [2.24, 2.45) is 5.92 Å². The molecule has 2 aliphatic rings. The predicted octanol–water partition coefficient (Wildman–Crippen LogP) is 1.79. The van der Waals surface area contributed by atoms with Gasteiger partial charge in [-0.3, -0.25) is 5.32 Å². The summed E-state index contributed by atoms with van der Waals surface area (Å²) in [6.45, 7) is 0. The highest BCUT2D eigenvalue weighted by atomic mass is 32.1. The number of rotatable bonds is 2. The van der Waals surface area contributed by atoms with Crippen molar-refractivity contribution in [2.45, 2.75) is 44.2 Å². The van der Waals surface area contributed by atoms with Gasteiger partial charge in [0.25, 0.3) is 0 Å². The molecule has 3 unspecified atom stereocenters. The van der Waals surface area contributed by atoms with Crippen LogP contribution in [0, 0.1) is 5.92 Å². The van der Waals surface area contributed by atoms with Crippen LogP contribution >= 0.6 is 11.3 Å². The van der Waals surface area contributed by atoms with Gasteiger partial charge in [0, 0.05) is 6.04 Å². The van der Waals surface area contributed by atoms with Crippen molar-refractivity contribution in [3.05, 3.63) is 5.51 Å². The fraction of sp³-hybridized carbons (Fsp3) is 0.667. The normalized spacial score (nSPS) is 29.0. The quantitative estimate of drug-likeness (QED) is 0.867. The van der Waals surface area contributed by atoms with Gasteiger partial charge in [-0.05, 0) is 25.2 Å². The number of fused-ring (bicyclic) bond motifs is 1. The van der Waals surface area contributed by atoms with E-state index in [1.54, 1.807) is 0 Å². The van der Waals surface area contributed by atoms with Crippen molar-refractivity contribution in [3.8, 4) is 0 Å². The third-order valence-electron chi connectivity index (χ3n) is 4.18. The number of anilines is 1. The molecule has 3 rings (SSSR count). The van der Waals surface area contributed by atoms with Crippen molar-refractivity contribution in [1.29, 1.82) is 0 Å². The zero-order valence-corrected chi connectivity index (χ0v) is 11.7. The van der Waals surface area contributed by atoms with E-state index in [0.717, 1.165) is 25.7 Å². The number of nitrogens with zero attached hydrogens (tertiary/aromatic N) is 3. The first kappa shape index (κ1) is 13.3. The minimum atomic E-state index is -0.924. The highest BCUT2D eigenvalue weighted by Crippen LogP contribution is 2.40. The van der Waals surface area contributed by atoms with Crippen LogP contribution in [-0.4, -0.2) is 44.3 Å². The largest absolute Gasteiger partial charge is 0.480 e. The molecule has 0 bridgehead atoms. The van der Waals surface area contributed by atoms with Crippen LogP contribution in [0.3, 0.4) is 0 Å². The van der Waals surface area contributed by atoms with Crippen molar-refractivity contribution < 1.29 is 14.7 Å². The van der Waals surface area contributed by atoms with E-state index in [2.05, 4.69) is 15.5 Å². The smallest absolute Gasteiger partial charge is 0.326 e. The van der Waals surface area contributed by atoms with Crippen molar-refractivity contribution in [2.75, 3.05) is 5.32 Å². The third-order valence-corrected chi connectivity index (χ3v) is 4.79. The molecule has 7 nitrogen and oxygen atoms in total. The lowest BCUT2D eigenvalue weighted by molar-refractivity contribution is -0.141. The van der Waals surface area contributed by atoms with Crippen LogP contribution in [0.2, 0.25) is 0 Å². The van der Waals surface area contributed by atoms with Gasteiger partial charge < -0.3 is 10.0 Å². The first-order chi connectivity index (χ1) is 9.66. The number of carboxylic acid groups (broad SMARTS) is 1. The molecule has 3 atom stereocenters. The number of carbonyl (C=O) groups is 2. The second kappa shape index (κ2) is 5.35. The summed E-state index contributed by atoms with van der Waals surface area (Å²) in [6.07, 6.45) is 4.63. The van der Waals surface area contributed by atoms with E-state index in [-0.39, 0.29) is 12.1 Å². The monoisotopic (exact) mass is 296 g/mol. The van der Waals surface area contributed by atoms with Crippen LogP contribution in [0.4, 0.5) is 9.93 Å². The molecule has 2 amide bonds. The molecule has 108 valence electrons. The molecule has 2 N–H and O–H groups in total. The summed E-state index contributed by atoms with van der Waals surface area (Å²) in [5.74, 6) is -0.614. The molecule has 1 aromatic heterocycles. The van der Waals surface area contributed by atoms with Gasteiger partial charge in [0.05, 0.1) is 0 Å². The van der Waals surface area contributed by atoms with Gasteiger partial charge in [0.1, 0.15) is 11.6 Å². The Hall–Kier alpha value is -1.70.